The molecule has 194 valence electrons. The summed E-state index contributed by atoms with van der Waals surface area (Å²) in [7, 11) is 3.05. The monoisotopic (exact) mass is 505 g/mol. The van der Waals surface area contributed by atoms with Gasteiger partial charge in [0, 0.05) is 35.4 Å². The van der Waals surface area contributed by atoms with Crippen molar-refractivity contribution in [2.24, 2.45) is 5.73 Å². The Kier molecular flexibility index (Phi) is 8.40. The lowest BCUT2D eigenvalue weighted by atomic mass is 9.90. The molecule has 7 nitrogen and oxygen atoms in total. The minimum Gasteiger partial charge on any atom is -0.493 e. The van der Waals surface area contributed by atoms with E-state index in [-0.39, 0.29) is 23.9 Å². The highest BCUT2D eigenvalue weighted by Gasteiger charge is 2.28. The summed E-state index contributed by atoms with van der Waals surface area (Å²) in [5.74, 6) is 0.0879. The summed E-state index contributed by atoms with van der Waals surface area (Å²) in [5, 5.41) is 2.88. The Morgan fingerprint density at radius 2 is 1.62 bits per heavy atom. The Hall–Kier alpha value is -3.91. The number of carbonyl (C=O) groups excluding carboxylic acids is 2. The van der Waals surface area contributed by atoms with Gasteiger partial charge in [0.15, 0.2) is 11.5 Å². The first-order chi connectivity index (χ1) is 17.9. The van der Waals surface area contributed by atoms with Gasteiger partial charge in [-0.2, -0.15) is 0 Å². The highest BCUT2D eigenvalue weighted by atomic mass is 19.1. The fraction of sp³-hybridized carbons (Fsp3) is 0.310. The molecule has 0 heterocycles. The van der Waals surface area contributed by atoms with Gasteiger partial charge >= 0.3 is 0 Å². The third kappa shape index (κ3) is 6.46. The number of amides is 2. The Balaban J connectivity index is 1.48. The summed E-state index contributed by atoms with van der Waals surface area (Å²) in [6.07, 6.45) is 3.31. The van der Waals surface area contributed by atoms with Gasteiger partial charge in [0.05, 0.1) is 14.2 Å². The number of nitrogens with zero attached hydrogens (tertiary/aromatic N) is 1. The third-order valence-corrected chi connectivity index (χ3v) is 6.73. The zero-order valence-electron chi connectivity index (χ0n) is 21.1. The SMILES string of the molecule is COc1ccc(C(=O)Nc2ccc(CN(C(=O)c3cccc(F)c3)C3CCC(N)CC3)cc2)cc1OC. The summed E-state index contributed by atoms with van der Waals surface area (Å²) < 4.78 is 24.3. The molecule has 3 N–H and O–H groups in total. The number of nitrogens with two attached hydrogens (primary N) is 1. The van der Waals surface area contributed by atoms with E-state index in [4.69, 9.17) is 15.2 Å². The van der Waals surface area contributed by atoms with Crippen LogP contribution in [0.15, 0.2) is 66.7 Å². The van der Waals surface area contributed by atoms with E-state index < -0.39 is 5.82 Å². The normalized spacial score (nSPS) is 17.1. The van der Waals surface area contributed by atoms with E-state index in [9.17, 15) is 14.0 Å². The largest absolute Gasteiger partial charge is 0.493 e. The Labute approximate surface area is 216 Å². The predicted octanol–water partition coefficient (Wildman–Crippen LogP) is 5.01. The quantitative estimate of drug-likeness (QED) is 0.449. The first-order valence-corrected chi connectivity index (χ1v) is 12.3. The zero-order chi connectivity index (χ0) is 26.4. The molecule has 1 aliphatic carbocycles. The highest BCUT2D eigenvalue weighted by molar-refractivity contribution is 6.04. The Morgan fingerprint density at radius 1 is 0.919 bits per heavy atom. The molecule has 0 unspecified atom stereocenters. The molecule has 3 aromatic carbocycles. The van der Waals surface area contributed by atoms with Crippen molar-refractivity contribution in [1.82, 2.24) is 4.90 Å². The number of carbonyl (C=O) groups is 2. The number of nitrogens with one attached hydrogen (secondary N) is 1. The lowest BCUT2D eigenvalue weighted by Gasteiger charge is -2.36. The molecule has 0 aliphatic heterocycles. The maximum Gasteiger partial charge on any atom is 0.255 e. The molecule has 8 heteroatoms. The molecule has 0 spiro atoms. The Morgan fingerprint density at radius 3 is 2.27 bits per heavy atom. The first-order valence-electron chi connectivity index (χ1n) is 12.3. The molecule has 0 bridgehead atoms. The van der Waals surface area contributed by atoms with E-state index >= 15 is 0 Å². The van der Waals surface area contributed by atoms with E-state index in [0.29, 0.717) is 34.9 Å². The maximum atomic E-state index is 13.8. The molecule has 37 heavy (non-hydrogen) atoms. The lowest BCUT2D eigenvalue weighted by Crippen LogP contribution is -2.43. The lowest BCUT2D eigenvalue weighted by molar-refractivity contribution is 0.0606. The van der Waals surface area contributed by atoms with Crippen molar-refractivity contribution < 1.29 is 23.5 Å². The number of hydrogen-bond donors (Lipinski definition) is 2. The fourth-order valence-corrected chi connectivity index (χ4v) is 4.64. The van der Waals surface area contributed by atoms with Gasteiger partial charge in [-0.25, -0.2) is 4.39 Å². The average Bonchev–Trinajstić information content (AvgIpc) is 2.92. The smallest absolute Gasteiger partial charge is 0.255 e. The predicted molar refractivity (Wildman–Crippen MR) is 140 cm³/mol. The standard InChI is InChI=1S/C29H32FN3O4/c1-36-26-15-8-20(17-27(26)37-2)28(34)32-24-11-6-19(7-12-24)18-33(25-13-9-23(31)10-14-25)29(35)21-4-3-5-22(30)16-21/h3-8,11-12,15-17,23,25H,9-10,13-14,18,31H2,1-2H3,(H,32,34). The molecule has 3 aromatic rings. The highest BCUT2D eigenvalue weighted by Crippen LogP contribution is 2.28. The molecule has 0 radical (unpaired) electrons. The van der Waals surface area contributed by atoms with Gasteiger partial charge < -0.3 is 25.4 Å². The van der Waals surface area contributed by atoms with Crippen LogP contribution in [0.2, 0.25) is 0 Å². The van der Waals surface area contributed by atoms with Crippen LogP contribution in [0.1, 0.15) is 52.0 Å². The average molecular weight is 506 g/mol. The molecular formula is C29H32FN3O4. The van der Waals surface area contributed by atoms with Crippen molar-refractivity contribution in [3.05, 3.63) is 89.2 Å². The van der Waals surface area contributed by atoms with Crippen LogP contribution in [-0.2, 0) is 6.54 Å². The summed E-state index contributed by atoms with van der Waals surface area (Å²) in [4.78, 5) is 28.0. The molecule has 1 saturated carbocycles. The van der Waals surface area contributed by atoms with Crippen molar-refractivity contribution >= 4 is 17.5 Å². The molecule has 1 aliphatic rings. The van der Waals surface area contributed by atoms with Crippen LogP contribution in [0.25, 0.3) is 0 Å². The van der Waals surface area contributed by atoms with Crippen LogP contribution in [0.3, 0.4) is 0 Å². The number of hydrogen-bond acceptors (Lipinski definition) is 5. The van der Waals surface area contributed by atoms with Gasteiger partial charge in [0.2, 0.25) is 0 Å². The second-order valence-electron chi connectivity index (χ2n) is 9.23. The summed E-state index contributed by atoms with van der Waals surface area (Å²) in [6.45, 7) is 0.374. The molecule has 4 rings (SSSR count). The minimum atomic E-state index is -0.439. The van der Waals surface area contributed by atoms with Gasteiger partial charge in [0.1, 0.15) is 5.82 Å². The third-order valence-electron chi connectivity index (χ3n) is 6.73. The molecule has 0 aromatic heterocycles. The number of halogens is 1. The van der Waals surface area contributed by atoms with Gasteiger partial charge in [-0.15, -0.1) is 0 Å². The second-order valence-corrected chi connectivity index (χ2v) is 9.23. The van der Waals surface area contributed by atoms with Crippen LogP contribution in [0, 0.1) is 5.82 Å². The number of ether oxygens (including phenoxy) is 2. The van der Waals surface area contributed by atoms with E-state index in [2.05, 4.69) is 5.32 Å². The van der Waals surface area contributed by atoms with Gasteiger partial charge in [-0.3, -0.25) is 9.59 Å². The number of anilines is 1. The van der Waals surface area contributed by atoms with E-state index in [1.807, 2.05) is 17.0 Å². The van der Waals surface area contributed by atoms with E-state index in [0.717, 1.165) is 31.2 Å². The molecule has 0 atom stereocenters. The van der Waals surface area contributed by atoms with Crippen molar-refractivity contribution in [3.63, 3.8) is 0 Å². The molecular weight excluding hydrogens is 473 g/mol. The van der Waals surface area contributed by atoms with E-state index in [1.165, 1.54) is 26.4 Å². The Bertz CT molecular complexity index is 1240. The topological polar surface area (TPSA) is 93.9 Å². The van der Waals surface area contributed by atoms with Gasteiger partial charge in [0.25, 0.3) is 11.8 Å². The van der Waals surface area contributed by atoms with Crippen LogP contribution >= 0.6 is 0 Å². The maximum absolute atomic E-state index is 13.8. The van der Waals surface area contributed by atoms with Gasteiger partial charge in [-0.1, -0.05) is 18.2 Å². The van der Waals surface area contributed by atoms with Crippen molar-refractivity contribution in [2.45, 2.75) is 44.3 Å². The second kappa shape index (κ2) is 11.9. The fourth-order valence-electron chi connectivity index (χ4n) is 4.64. The summed E-state index contributed by atoms with van der Waals surface area (Å²) in [5.41, 5.74) is 8.37. The number of rotatable bonds is 8. The molecule has 0 saturated heterocycles. The van der Waals surface area contributed by atoms with Gasteiger partial charge in [-0.05, 0) is 79.8 Å². The summed E-state index contributed by atoms with van der Waals surface area (Å²) in [6, 6.07) is 18.3. The van der Waals surface area contributed by atoms with Crippen molar-refractivity contribution in [1.29, 1.82) is 0 Å². The van der Waals surface area contributed by atoms with E-state index in [1.54, 1.807) is 42.5 Å². The van der Waals surface area contributed by atoms with Crippen LogP contribution in [0.5, 0.6) is 11.5 Å². The molecule has 2 amide bonds. The number of methoxy groups -OCH3 is 2. The van der Waals surface area contributed by atoms with Crippen LogP contribution in [-0.4, -0.2) is 43.0 Å². The number of benzene rings is 3. The minimum absolute atomic E-state index is 0.0278. The van der Waals surface area contributed by atoms with Crippen molar-refractivity contribution in [3.8, 4) is 11.5 Å². The first kappa shape index (κ1) is 26.2. The summed E-state index contributed by atoms with van der Waals surface area (Å²) >= 11 is 0. The zero-order valence-corrected chi connectivity index (χ0v) is 21.1. The van der Waals surface area contributed by atoms with Crippen LogP contribution < -0.4 is 20.5 Å². The molecule has 1 fully saturated rings. The van der Waals surface area contributed by atoms with Crippen molar-refractivity contribution in [2.75, 3.05) is 19.5 Å². The van der Waals surface area contributed by atoms with Crippen LogP contribution in [0.4, 0.5) is 10.1 Å².